The molecule has 0 fully saturated rings. The van der Waals surface area contributed by atoms with Gasteiger partial charge in [0.25, 0.3) is 5.91 Å². The maximum atomic E-state index is 12.7. The standard InChI is InChI=1S/C32H37NO6/c1-4-5-6-7-8-19-38-26-16-12-25(13-17-26)32(37)39-27-14-10-24(11-15-27)21-29(31(35)36)33-30(34)28-18-9-22(2)20-23(28)3/h9-18,20,29H,4-8,19,21H2,1-3H3,(H,33,34)(H,35,36)/t29-/m0/s1. The molecule has 0 saturated carbocycles. The molecule has 0 aliphatic heterocycles. The van der Waals surface area contributed by atoms with E-state index in [-0.39, 0.29) is 6.42 Å². The largest absolute Gasteiger partial charge is 0.494 e. The zero-order valence-corrected chi connectivity index (χ0v) is 22.9. The number of aryl methyl sites for hydroxylation is 2. The van der Waals surface area contributed by atoms with Crippen molar-refractivity contribution in [1.29, 1.82) is 0 Å². The van der Waals surface area contributed by atoms with Crippen molar-refractivity contribution in [3.63, 3.8) is 0 Å². The molecule has 0 radical (unpaired) electrons. The molecule has 0 unspecified atom stereocenters. The second-order valence-corrected chi connectivity index (χ2v) is 9.71. The van der Waals surface area contributed by atoms with Crippen molar-refractivity contribution in [3.8, 4) is 11.5 Å². The molecular weight excluding hydrogens is 494 g/mol. The van der Waals surface area contributed by atoms with Gasteiger partial charge in [0.2, 0.25) is 0 Å². The zero-order valence-electron chi connectivity index (χ0n) is 22.9. The molecule has 7 nitrogen and oxygen atoms in total. The lowest BCUT2D eigenvalue weighted by atomic mass is 10.0. The van der Waals surface area contributed by atoms with Gasteiger partial charge in [0, 0.05) is 12.0 Å². The van der Waals surface area contributed by atoms with Crippen molar-refractivity contribution >= 4 is 17.8 Å². The number of carbonyl (C=O) groups excluding carboxylic acids is 2. The summed E-state index contributed by atoms with van der Waals surface area (Å²) < 4.78 is 11.2. The van der Waals surface area contributed by atoms with Crippen LogP contribution in [0.1, 0.15) is 76.4 Å². The average Bonchev–Trinajstić information content (AvgIpc) is 2.91. The number of carboxylic acid groups (broad SMARTS) is 1. The number of hydrogen-bond donors (Lipinski definition) is 2. The lowest BCUT2D eigenvalue weighted by Crippen LogP contribution is -2.42. The number of ether oxygens (including phenoxy) is 2. The molecule has 0 saturated heterocycles. The van der Waals surface area contributed by atoms with Gasteiger partial charge in [-0.3, -0.25) is 4.79 Å². The van der Waals surface area contributed by atoms with E-state index in [2.05, 4.69) is 12.2 Å². The molecule has 7 heteroatoms. The van der Waals surface area contributed by atoms with Crippen LogP contribution in [0, 0.1) is 13.8 Å². The highest BCUT2D eigenvalue weighted by atomic mass is 16.5. The van der Waals surface area contributed by atoms with E-state index in [9.17, 15) is 19.5 Å². The molecule has 0 spiro atoms. The fourth-order valence-corrected chi connectivity index (χ4v) is 4.18. The molecule has 3 rings (SSSR count). The highest BCUT2D eigenvalue weighted by molar-refractivity contribution is 5.98. The average molecular weight is 532 g/mol. The molecule has 2 N–H and O–H groups in total. The molecule has 0 aliphatic rings. The quantitative estimate of drug-likeness (QED) is 0.144. The number of unbranched alkanes of at least 4 members (excludes halogenated alkanes) is 4. The molecule has 0 aliphatic carbocycles. The van der Waals surface area contributed by atoms with Crippen LogP contribution in [0.2, 0.25) is 0 Å². The number of carboxylic acids is 1. The summed E-state index contributed by atoms with van der Waals surface area (Å²) in [5.41, 5.74) is 3.32. The molecule has 0 aromatic heterocycles. The fourth-order valence-electron chi connectivity index (χ4n) is 4.18. The Balaban J connectivity index is 1.52. The van der Waals surface area contributed by atoms with Crippen LogP contribution >= 0.6 is 0 Å². The topological polar surface area (TPSA) is 102 Å². The van der Waals surface area contributed by atoms with Crippen LogP contribution in [0.3, 0.4) is 0 Å². The third-order valence-corrected chi connectivity index (χ3v) is 6.41. The van der Waals surface area contributed by atoms with Gasteiger partial charge in [-0.2, -0.15) is 0 Å². The predicted octanol–water partition coefficient (Wildman–Crippen LogP) is 6.30. The van der Waals surface area contributed by atoms with E-state index < -0.39 is 23.9 Å². The zero-order chi connectivity index (χ0) is 28.2. The summed E-state index contributed by atoms with van der Waals surface area (Å²) in [6.07, 6.45) is 5.91. The lowest BCUT2D eigenvalue weighted by Gasteiger charge is -2.16. The number of benzene rings is 3. The first-order valence-corrected chi connectivity index (χ1v) is 13.4. The number of hydrogen-bond acceptors (Lipinski definition) is 5. The summed E-state index contributed by atoms with van der Waals surface area (Å²) in [6.45, 7) is 6.58. The van der Waals surface area contributed by atoms with Gasteiger partial charge in [0.15, 0.2) is 0 Å². The first-order chi connectivity index (χ1) is 18.8. The number of nitrogens with one attached hydrogen (secondary N) is 1. The highest BCUT2D eigenvalue weighted by Crippen LogP contribution is 2.18. The van der Waals surface area contributed by atoms with Crippen molar-refractivity contribution in [2.24, 2.45) is 0 Å². The van der Waals surface area contributed by atoms with Crippen LogP contribution < -0.4 is 14.8 Å². The number of carbonyl (C=O) groups is 3. The van der Waals surface area contributed by atoms with Crippen LogP contribution in [-0.2, 0) is 11.2 Å². The summed E-state index contributed by atoms with van der Waals surface area (Å²) in [5.74, 6) is -1.02. The van der Waals surface area contributed by atoms with Crippen LogP contribution in [0.25, 0.3) is 0 Å². The number of aliphatic carboxylic acids is 1. The van der Waals surface area contributed by atoms with E-state index in [1.54, 1.807) is 54.6 Å². The molecular formula is C32H37NO6. The predicted molar refractivity (Wildman–Crippen MR) is 151 cm³/mol. The van der Waals surface area contributed by atoms with Gasteiger partial charge in [-0.25, -0.2) is 9.59 Å². The molecule has 0 heterocycles. The maximum absolute atomic E-state index is 12.7. The first kappa shape index (κ1) is 29.4. The third-order valence-electron chi connectivity index (χ3n) is 6.41. The third kappa shape index (κ3) is 9.28. The van der Waals surface area contributed by atoms with E-state index in [0.717, 1.165) is 24.0 Å². The Hall–Kier alpha value is -4.13. The molecule has 1 atom stereocenters. The summed E-state index contributed by atoms with van der Waals surface area (Å²) >= 11 is 0. The summed E-state index contributed by atoms with van der Waals surface area (Å²) in [6, 6.07) is 17.7. The van der Waals surface area contributed by atoms with Gasteiger partial charge in [0.1, 0.15) is 17.5 Å². The maximum Gasteiger partial charge on any atom is 0.343 e. The van der Waals surface area contributed by atoms with E-state index in [1.165, 1.54) is 19.3 Å². The summed E-state index contributed by atoms with van der Waals surface area (Å²) in [7, 11) is 0. The van der Waals surface area contributed by atoms with E-state index in [1.807, 2.05) is 26.0 Å². The number of rotatable bonds is 14. The van der Waals surface area contributed by atoms with Crippen molar-refractivity contribution in [2.75, 3.05) is 6.61 Å². The van der Waals surface area contributed by atoms with E-state index in [0.29, 0.717) is 34.8 Å². The lowest BCUT2D eigenvalue weighted by molar-refractivity contribution is -0.139. The molecule has 39 heavy (non-hydrogen) atoms. The van der Waals surface area contributed by atoms with Crippen LogP contribution in [-0.4, -0.2) is 35.6 Å². The van der Waals surface area contributed by atoms with Gasteiger partial charge in [-0.1, -0.05) is 62.4 Å². The highest BCUT2D eigenvalue weighted by Gasteiger charge is 2.22. The van der Waals surface area contributed by atoms with Gasteiger partial charge >= 0.3 is 11.9 Å². The Morgan fingerprint density at radius 2 is 1.51 bits per heavy atom. The Kier molecular flexibility index (Phi) is 11.1. The normalized spacial score (nSPS) is 11.5. The van der Waals surface area contributed by atoms with E-state index >= 15 is 0 Å². The van der Waals surface area contributed by atoms with Crippen molar-refractivity contribution < 1.29 is 29.0 Å². The minimum absolute atomic E-state index is 0.0836. The van der Waals surface area contributed by atoms with Gasteiger partial charge in [-0.15, -0.1) is 0 Å². The minimum atomic E-state index is -1.13. The number of esters is 1. The Bertz CT molecular complexity index is 1250. The van der Waals surface area contributed by atoms with Gasteiger partial charge in [-0.05, 0) is 73.9 Å². The van der Waals surface area contributed by atoms with Crippen LogP contribution in [0.15, 0.2) is 66.7 Å². The second-order valence-electron chi connectivity index (χ2n) is 9.71. The van der Waals surface area contributed by atoms with Crippen molar-refractivity contribution in [3.05, 3.63) is 94.5 Å². The monoisotopic (exact) mass is 531 g/mol. The van der Waals surface area contributed by atoms with Gasteiger partial charge in [0.05, 0.1) is 12.2 Å². The summed E-state index contributed by atoms with van der Waals surface area (Å²) in [5, 5.41) is 12.3. The molecule has 206 valence electrons. The van der Waals surface area contributed by atoms with Crippen molar-refractivity contribution in [1.82, 2.24) is 5.32 Å². The van der Waals surface area contributed by atoms with Crippen LogP contribution in [0.4, 0.5) is 0 Å². The Morgan fingerprint density at radius 3 is 2.15 bits per heavy atom. The minimum Gasteiger partial charge on any atom is -0.494 e. The smallest absolute Gasteiger partial charge is 0.343 e. The molecule has 1 amide bonds. The first-order valence-electron chi connectivity index (χ1n) is 13.4. The second kappa shape index (κ2) is 14.7. The number of amides is 1. The summed E-state index contributed by atoms with van der Waals surface area (Å²) in [4.78, 5) is 37.0. The van der Waals surface area contributed by atoms with Gasteiger partial charge < -0.3 is 19.9 Å². The molecule has 0 bridgehead atoms. The molecule has 3 aromatic carbocycles. The Labute approximate surface area is 230 Å². The van der Waals surface area contributed by atoms with E-state index in [4.69, 9.17) is 9.47 Å². The fraction of sp³-hybridized carbons (Fsp3) is 0.344. The SMILES string of the molecule is CCCCCCCOc1ccc(C(=O)Oc2ccc(C[C@H](NC(=O)c3ccc(C)cc3C)C(=O)O)cc2)cc1. The molecule has 3 aromatic rings. The Morgan fingerprint density at radius 1 is 0.846 bits per heavy atom. The van der Waals surface area contributed by atoms with Crippen molar-refractivity contribution in [2.45, 2.75) is 65.3 Å². The van der Waals surface area contributed by atoms with Crippen LogP contribution in [0.5, 0.6) is 11.5 Å².